The summed E-state index contributed by atoms with van der Waals surface area (Å²) in [5, 5.41) is 15.7. The lowest BCUT2D eigenvalue weighted by atomic mass is 10.5. The fourth-order valence-corrected chi connectivity index (χ4v) is 0.334. The van der Waals surface area contributed by atoms with Gasteiger partial charge in [-0.25, -0.2) is 0 Å². The molecular weight excluding hydrogens is 134 g/mol. The van der Waals surface area contributed by atoms with Crippen LogP contribution < -0.4 is 0 Å². The van der Waals surface area contributed by atoms with E-state index in [0.717, 1.165) is 0 Å². The average molecular weight is 141 g/mol. The van der Waals surface area contributed by atoms with Crippen molar-refractivity contribution in [2.24, 2.45) is 5.18 Å². The van der Waals surface area contributed by atoms with Crippen molar-refractivity contribution in [3.63, 3.8) is 0 Å². The first-order valence-electron chi connectivity index (χ1n) is 2.61. The summed E-state index contributed by atoms with van der Waals surface area (Å²) in [6.45, 7) is 1.94. The van der Waals surface area contributed by atoms with E-state index < -0.39 is 11.6 Å². The highest BCUT2D eigenvalue weighted by atomic mass is 16.5. The van der Waals surface area contributed by atoms with Gasteiger partial charge in [-0.1, -0.05) is 0 Å². The van der Waals surface area contributed by atoms with Crippen LogP contribution in [0.5, 0.6) is 0 Å². The third-order valence-corrected chi connectivity index (χ3v) is 0.713. The van der Waals surface area contributed by atoms with E-state index in [1.807, 2.05) is 0 Å². The summed E-state index contributed by atoms with van der Waals surface area (Å²) in [5.41, 5.74) is -0.415. The number of rotatable bonds is 3. The largest absolute Gasteiger partial charge is 0.476 e. The Kier molecular flexibility index (Phi) is 3.75. The summed E-state index contributed by atoms with van der Waals surface area (Å²) < 4.78 is 4.56. The molecule has 0 radical (unpaired) electrons. The second-order valence-electron chi connectivity index (χ2n) is 1.33. The Morgan fingerprint density at radius 1 is 1.80 bits per heavy atom. The smallest absolute Gasteiger partial charge is 0.246 e. The van der Waals surface area contributed by atoms with Crippen LogP contribution in [0.1, 0.15) is 6.92 Å². The van der Waals surface area contributed by atoms with Crippen molar-refractivity contribution >= 4 is 11.8 Å². The molecule has 0 aliphatic carbocycles. The molecule has 5 heteroatoms. The molecule has 0 amide bonds. The second-order valence-corrected chi connectivity index (χ2v) is 1.33. The highest BCUT2D eigenvalue weighted by Crippen LogP contribution is 1.93. The van der Waals surface area contributed by atoms with E-state index in [0.29, 0.717) is 0 Å². The summed E-state index contributed by atoms with van der Waals surface area (Å²) in [6.07, 6.45) is 0. The first-order chi connectivity index (χ1) is 4.76. The molecule has 0 fully saturated rings. The molecule has 10 heavy (non-hydrogen) atoms. The van der Waals surface area contributed by atoms with E-state index in [1.54, 1.807) is 12.8 Å². The number of hydrogen-bond donors (Lipinski definition) is 2. The zero-order chi connectivity index (χ0) is 7.98. The van der Waals surface area contributed by atoms with Gasteiger partial charge in [-0.05, 0) is 12.1 Å². The third-order valence-electron chi connectivity index (χ3n) is 0.713. The van der Waals surface area contributed by atoms with Crippen molar-refractivity contribution < 1.29 is 4.74 Å². The van der Waals surface area contributed by atoms with Crippen molar-refractivity contribution in [2.45, 2.75) is 6.92 Å². The maximum Gasteiger partial charge on any atom is 0.246 e. The standard InChI is InChI=1S/C5H7N3O2/c1-2-10-5(7)4(3-6)8-9/h6-7H,2H2,1H3. The predicted octanol–water partition coefficient (Wildman–Crippen LogP) is 0.899. The van der Waals surface area contributed by atoms with E-state index in [1.165, 1.54) is 0 Å². The number of ether oxygens (including phenoxy) is 1. The van der Waals surface area contributed by atoms with Gasteiger partial charge in [0.1, 0.15) is 0 Å². The van der Waals surface area contributed by atoms with Gasteiger partial charge < -0.3 is 4.74 Å². The molecule has 0 heterocycles. The Bertz CT molecular complexity index is 193. The van der Waals surface area contributed by atoms with Crippen molar-refractivity contribution in [2.75, 3.05) is 6.61 Å². The van der Waals surface area contributed by atoms with Crippen molar-refractivity contribution in [1.82, 2.24) is 0 Å². The molecule has 0 aliphatic rings. The quantitative estimate of drug-likeness (QED) is 0.347. The molecule has 0 saturated heterocycles. The van der Waals surface area contributed by atoms with Gasteiger partial charge in [0.25, 0.3) is 0 Å². The highest BCUT2D eigenvalue weighted by Gasteiger charge is 2.04. The molecule has 0 saturated carbocycles. The summed E-state index contributed by atoms with van der Waals surface area (Å²) in [4.78, 5) is 9.76. The maximum atomic E-state index is 9.76. The Balaban J connectivity index is 4.18. The molecule has 0 aromatic rings. The van der Waals surface area contributed by atoms with Crippen molar-refractivity contribution in [1.29, 1.82) is 10.8 Å². The molecule has 0 aromatic heterocycles. The minimum atomic E-state index is -0.415. The van der Waals surface area contributed by atoms with Gasteiger partial charge in [0.05, 0.1) is 6.61 Å². The van der Waals surface area contributed by atoms with E-state index in [9.17, 15) is 4.91 Å². The van der Waals surface area contributed by atoms with Crippen LogP contribution in [0, 0.1) is 15.7 Å². The fourth-order valence-electron chi connectivity index (χ4n) is 0.334. The Morgan fingerprint density at radius 3 is 2.70 bits per heavy atom. The molecule has 2 N–H and O–H groups in total. The molecule has 0 aliphatic heterocycles. The van der Waals surface area contributed by atoms with Crippen LogP contribution in [0.2, 0.25) is 0 Å². The van der Waals surface area contributed by atoms with Gasteiger partial charge in [-0.2, -0.15) is 0 Å². The first-order valence-corrected chi connectivity index (χ1v) is 2.61. The molecule has 0 aromatic carbocycles. The van der Waals surface area contributed by atoms with Gasteiger partial charge >= 0.3 is 0 Å². The molecule has 0 spiro atoms. The Labute approximate surface area is 57.7 Å². The fraction of sp³-hybridized carbons (Fsp3) is 0.400. The van der Waals surface area contributed by atoms with E-state index in [4.69, 9.17) is 10.8 Å². The molecule has 0 rings (SSSR count). The van der Waals surface area contributed by atoms with Gasteiger partial charge in [-0.3, -0.25) is 10.8 Å². The summed E-state index contributed by atoms with van der Waals surface area (Å²) in [6, 6.07) is 0. The molecule has 5 nitrogen and oxygen atoms in total. The number of hydrogen-bond acceptors (Lipinski definition) is 5. The van der Waals surface area contributed by atoms with Crippen LogP contribution in [0.25, 0.3) is 0 Å². The Hall–Kier alpha value is -1.48. The predicted molar refractivity (Wildman–Crippen MR) is 36.4 cm³/mol. The van der Waals surface area contributed by atoms with Gasteiger partial charge in [0.2, 0.25) is 11.6 Å². The minimum absolute atomic E-state index is 0.277. The topological polar surface area (TPSA) is 86.4 Å². The third kappa shape index (κ3) is 2.19. The normalized spacial score (nSPS) is 7.70. The second kappa shape index (κ2) is 4.40. The zero-order valence-corrected chi connectivity index (χ0v) is 5.47. The van der Waals surface area contributed by atoms with Gasteiger partial charge in [0.15, 0.2) is 0 Å². The zero-order valence-electron chi connectivity index (χ0n) is 5.47. The molecule has 0 bridgehead atoms. The monoisotopic (exact) mass is 141 g/mol. The summed E-state index contributed by atoms with van der Waals surface area (Å²) >= 11 is 0. The van der Waals surface area contributed by atoms with Crippen LogP contribution >= 0.6 is 0 Å². The SMILES string of the molecule is CCOC(=N)C(=C=N)N=O. The average Bonchev–Trinajstić information content (AvgIpc) is 1.91. The van der Waals surface area contributed by atoms with Crippen LogP contribution in [0.15, 0.2) is 10.9 Å². The number of nitroso groups, excluding NO2 is 1. The highest BCUT2D eigenvalue weighted by molar-refractivity contribution is 5.98. The van der Waals surface area contributed by atoms with Gasteiger partial charge in [-0.15, -0.1) is 4.91 Å². The first kappa shape index (κ1) is 8.52. The molecule has 0 atom stereocenters. The van der Waals surface area contributed by atoms with Crippen LogP contribution in [0.3, 0.4) is 0 Å². The lowest BCUT2D eigenvalue weighted by Crippen LogP contribution is -2.04. The molecule has 0 unspecified atom stereocenters. The van der Waals surface area contributed by atoms with E-state index >= 15 is 0 Å². The van der Waals surface area contributed by atoms with Crippen LogP contribution in [-0.4, -0.2) is 18.4 Å². The van der Waals surface area contributed by atoms with Crippen LogP contribution in [-0.2, 0) is 4.74 Å². The molecule has 54 valence electrons. The lowest BCUT2D eigenvalue weighted by molar-refractivity contribution is 0.325. The minimum Gasteiger partial charge on any atom is -0.476 e. The number of nitrogens with zero attached hydrogens (tertiary/aromatic N) is 1. The van der Waals surface area contributed by atoms with Gasteiger partial charge in [0, 0.05) is 5.87 Å². The Morgan fingerprint density at radius 2 is 2.40 bits per heavy atom. The maximum absolute atomic E-state index is 9.76. The van der Waals surface area contributed by atoms with Crippen molar-refractivity contribution in [3.8, 4) is 0 Å². The summed E-state index contributed by atoms with van der Waals surface area (Å²) in [5.74, 6) is 1.26. The van der Waals surface area contributed by atoms with E-state index in [-0.39, 0.29) is 6.61 Å². The van der Waals surface area contributed by atoms with Crippen molar-refractivity contribution in [3.05, 3.63) is 10.6 Å². The van der Waals surface area contributed by atoms with Crippen LogP contribution in [0.4, 0.5) is 0 Å². The summed E-state index contributed by atoms with van der Waals surface area (Å²) in [7, 11) is 0. The number of nitrogens with one attached hydrogen (secondary N) is 2. The lowest BCUT2D eigenvalue weighted by Gasteiger charge is -1.97. The van der Waals surface area contributed by atoms with E-state index in [2.05, 4.69) is 9.91 Å². The molecular formula is C5H7N3O2.